The second-order valence-corrected chi connectivity index (χ2v) is 7.70. The maximum atomic E-state index is 13.5. The molecule has 176 valence electrons. The van der Waals surface area contributed by atoms with Crippen molar-refractivity contribution in [3.05, 3.63) is 82.4 Å². The van der Waals surface area contributed by atoms with Crippen LogP contribution in [0.4, 0.5) is 8.78 Å². The molecule has 33 heavy (non-hydrogen) atoms. The first-order valence-corrected chi connectivity index (χ1v) is 10.6. The molecule has 0 bridgehead atoms. The molecule has 6 nitrogen and oxygen atoms in total. The Morgan fingerprint density at radius 1 is 1.27 bits per heavy atom. The van der Waals surface area contributed by atoms with Gasteiger partial charge in [-0.2, -0.15) is 4.39 Å². The van der Waals surface area contributed by atoms with Gasteiger partial charge in [0, 0.05) is 24.0 Å². The molecule has 1 aromatic carbocycles. The average Bonchev–Trinajstić information content (AvgIpc) is 3.22. The number of halogens is 2. The number of rotatable bonds is 3. The Morgan fingerprint density at radius 2 is 1.97 bits per heavy atom. The van der Waals surface area contributed by atoms with Gasteiger partial charge in [-0.1, -0.05) is 31.9 Å². The number of carbonyl (C=O) groups excluding carboxylic acids is 1. The lowest BCUT2D eigenvalue weighted by atomic mass is 9.89. The predicted molar refractivity (Wildman–Crippen MR) is 125 cm³/mol. The van der Waals surface area contributed by atoms with Crippen LogP contribution in [0, 0.1) is 17.6 Å². The molecule has 2 atom stereocenters. The molecule has 1 amide bonds. The van der Waals surface area contributed by atoms with E-state index in [1.165, 1.54) is 31.6 Å². The van der Waals surface area contributed by atoms with Crippen molar-refractivity contribution >= 4 is 16.8 Å². The zero-order valence-corrected chi connectivity index (χ0v) is 19.0. The second-order valence-electron chi connectivity index (χ2n) is 7.70. The Hall–Kier alpha value is -3.55. The van der Waals surface area contributed by atoms with E-state index in [1.807, 2.05) is 6.92 Å². The first-order valence-electron chi connectivity index (χ1n) is 10.6. The van der Waals surface area contributed by atoms with Crippen molar-refractivity contribution in [1.82, 2.24) is 9.97 Å². The number of benzene rings is 1. The number of allylic oxidation sites excluding steroid dienone is 1. The molecule has 1 fully saturated rings. The lowest BCUT2D eigenvalue weighted by Crippen LogP contribution is -2.17. The summed E-state index contributed by atoms with van der Waals surface area (Å²) in [7, 11) is 1.39. The molecule has 1 saturated carbocycles. The van der Waals surface area contributed by atoms with E-state index in [0.717, 1.165) is 24.8 Å². The highest BCUT2D eigenvalue weighted by molar-refractivity contribution is 6.03. The molecule has 2 heterocycles. The number of carbonyl (C=O) groups is 1. The molecule has 0 radical (unpaired) electrons. The molecule has 0 saturated heterocycles. The van der Waals surface area contributed by atoms with E-state index in [1.54, 1.807) is 18.2 Å². The monoisotopic (exact) mass is 457 g/mol. The van der Waals surface area contributed by atoms with Crippen LogP contribution in [0.5, 0.6) is 5.75 Å². The number of pyridine rings is 2. The van der Waals surface area contributed by atoms with Crippen LogP contribution in [0.25, 0.3) is 10.9 Å². The molecule has 0 spiro atoms. The summed E-state index contributed by atoms with van der Waals surface area (Å²) in [6.07, 6.45) is 8.01. The Labute approximate surface area is 191 Å². The van der Waals surface area contributed by atoms with Crippen LogP contribution in [0.2, 0.25) is 0 Å². The number of nitrogens with two attached hydrogens (primary N) is 1. The summed E-state index contributed by atoms with van der Waals surface area (Å²) < 4.78 is 31.6. The Bertz CT molecular complexity index is 1170. The van der Waals surface area contributed by atoms with E-state index in [0.29, 0.717) is 17.4 Å². The van der Waals surface area contributed by atoms with Gasteiger partial charge < -0.3 is 15.5 Å². The van der Waals surface area contributed by atoms with E-state index in [2.05, 4.69) is 23.5 Å². The minimum Gasteiger partial charge on any atom is -0.493 e. The fourth-order valence-corrected chi connectivity index (χ4v) is 3.96. The highest BCUT2D eigenvalue weighted by Gasteiger charge is 2.29. The summed E-state index contributed by atoms with van der Waals surface area (Å²) in [4.78, 5) is 29.0. The van der Waals surface area contributed by atoms with Crippen molar-refractivity contribution in [1.29, 1.82) is 0 Å². The summed E-state index contributed by atoms with van der Waals surface area (Å²) in [5.41, 5.74) is 6.20. The summed E-state index contributed by atoms with van der Waals surface area (Å²) in [5.74, 6) is -1.51. The van der Waals surface area contributed by atoms with Gasteiger partial charge in [-0.15, -0.1) is 6.58 Å². The fraction of sp³-hybridized carbons (Fsp3) is 0.320. The Morgan fingerprint density at radius 3 is 2.55 bits per heavy atom. The summed E-state index contributed by atoms with van der Waals surface area (Å²) in [6, 6.07) is 5.79. The molecule has 1 unspecified atom stereocenters. The van der Waals surface area contributed by atoms with Gasteiger partial charge in [0.25, 0.3) is 5.91 Å². The number of fused-ring (bicyclic) bond motifs is 1. The number of amides is 1. The van der Waals surface area contributed by atoms with Crippen molar-refractivity contribution in [2.75, 3.05) is 7.11 Å². The number of hydrogen-bond donors (Lipinski definition) is 2. The molecular weight excluding hydrogens is 428 g/mol. The lowest BCUT2D eigenvalue weighted by Gasteiger charge is -2.19. The van der Waals surface area contributed by atoms with Gasteiger partial charge >= 0.3 is 0 Å². The second kappa shape index (κ2) is 11.9. The molecular formula is C25H29F2N3O3. The molecule has 1 aliphatic rings. The van der Waals surface area contributed by atoms with Gasteiger partial charge in [-0.05, 0) is 37.3 Å². The molecule has 2 aromatic heterocycles. The zero-order valence-electron chi connectivity index (χ0n) is 19.0. The number of hydrogen-bond acceptors (Lipinski definition) is 4. The number of nitrogens with one attached hydrogen (secondary N) is 1. The molecule has 4 rings (SSSR count). The van der Waals surface area contributed by atoms with Crippen LogP contribution in [0.15, 0.2) is 54.1 Å². The average molecular weight is 458 g/mol. The maximum absolute atomic E-state index is 13.5. The van der Waals surface area contributed by atoms with Gasteiger partial charge in [0.05, 0.1) is 18.0 Å². The molecule has 3 aromatic rings. The maximum Gasteiger partial charge on any atom is 0.268 e. The van der Waals surface area contributed by atoms with Crippen molar-refractivity contribution in [3.63, 3.8) is 0 Å². The number of primary amides is 1. The van der Waals surface area contributed by atoms with Gasteiger partial charge in [0.2, 0.25) is 5.82 Å². The van der Waals surface area contributed by atoms with E-state index in [9.17, 15) is 18.4 Å². The van der Waals surface area contributed by atoms with Crippen LogP contribution >= 0.6 is 0 Å². The van der Waals surface area contributed by atoms with E-state index in [-0.39, 0.29) is 22.3 Å². The van der Waals surface area contributed by atoms with Crippen molar-refractivity contribution in [2.45, 2.75) is 39.0 Å². The molecule has 1 aliphatic carbocycles. The van der Waals surface area contributed by atoms with Crippen LogP contribution < -0.4 is 15.9 Å². The quantitative estimate of drug-likeness (QED) is 0.535. The van der Waals surface area contributed by atoms with Gasteiger partial charge in [-0.3, -0.25) is 14.6 Å². The number of aromatic nitrogens is 2. The Balaban J connectivity index is 0.000000210. The minimum absolute atomic E-state index is 0.00403. The summed E-state index contributed by atoms with van der Waals surface area (Å²) in [6.45, 7) is 7.40. The van der Waals surface area contributed by atoms with Crippen LogP contribution in [0.3, 0.4) is 0 Å². The first kappa shape index (κ1) is 25.7. The van der Waals surface area contributed by atoms with E-state index in [4.69, 9.17) is 10.5 Å². The minimum atomic E-state index is -0.862. The third-order valence-electron chi connectivity index (χ3n) is 5.45. The van der Waals surface area contributed by atoms with Gasteiger partial charge in [-0.25, -0.2) is 4.39 Å². The molecule has 8 heteroatoms. The largest absolute Gasteiger partial charge is 0.493 e. The highest BCUT2D eigenvalue weighted by atomic mass is 19.2. The standard InChI is InChI=1S/C13H16F2O.C9H7N3O2.C3H6/c1-8-4-3-5-9(8)10-6-7-11(14)12(15)13(10)16-2;10-9(14)8-7-5(1-3-12-8)11-4-2-6(7)13;1-3-2/h6-9H,3-5H2,1-2H3;1-4H,(H2,10,14)(H,11,13);3H,1H2,2H3/t8?,9-;;/m0../s1. The van der Waals surface area contributed by atoms with E-state index >= 15 is 0 Å². The van der Waals surface area contributed by atoms with Gasteiger partial charge in [0.15, 0.2) is 17.0 Å². The van der Waals surface area contributed by atoms with Gasteiger partial charge in [0.1, 0.15) is 5.69 Å². The lowest BCUT2D eigenvalue weighted by molar-refractivity contribution is 0.0997. The van der Waals surface area contributed by atoms with Crippen molar-refractivity contribution in [3.8, 4) is 5.75 Å². The normalized spacial score (nSPS) is 16.8. The molecule has 3 N–H and O–H groups in total. The smallest absolute Gasteiger partial charge is 0.268 e. The molecule has 0 aliphatic heterocycles. The Kier molecular flexibility index (Phi) is 9.27. The first-order chi connectivity index (χ1) is 15.8. The fourth-order valence-electron chi connectivity index (χ4n) is 3.96. The highest BCUT2D eigenvalue weighted by Crippen LogP contribution is 2.43. The van der Waals surface area contributed by atoms with E-state index < -0.39 is 17.5 Å². The number of nitrogens with zero attached hydrogens (tertiary/aromatic N) is 1. The summed E-state index contributed by atoms with van der Waals surface area (Å²) in [5, 5.41) is 0.238. The topological polar surface area (TPSA) is 98.1 Å². The number of H-pyrrole nitrogens is 1. The van der Waals surface area contributed by atoms with Crippen LogP contribution in [0.1, 0.15) is 55.1 Å². The summed E-state index contributed by atoms with van der Waals surface area (Å²) >= 11 is 0. The third-order valence-corrected chi connectivity index (χ3v) is 5.45. The SMILES string of the molecule is C=CC.COc1c([C@H]2CCCC2C)ccc(F)c1F.NC(=O)c1nccc2[nH]ccc(=O)c12. The van der Waals surface area contributed by atoms with Crippen molar-refractivity contribution < 1.29 is 18.3 Å². The third kappa shape index (κ3) is 6.03. The number of aromatic amines is 1. The van der Waals surface area contributed by atoms with Crippen LogP contribution in [-0.2, 0) is 0 Å². The van der Waals surface area contributed by atoms with Crippen molar-refractivity contribution in [2.24, 2.45) is 11.7 Å². The number of ether oxygens (including phenoxy) is 1. The zero-order chi connectivity index (χ0) is 24.5. The van der Waals surface area contributed by atoms with Crippen LogP contribution in [-0.4, -0.2) is 23.0 Å². The predicted octanol–water partition coefficient (Wildman–Crippen LogP) is 5.09. The number of methoxy groups -OCH3 is 1.